The molecule has 0 radical (unpaired) electrons. The van der Waals surface area contributed by atoms with Crippen molar-refractivity contribution < 1.29 is 0 Å². The maximum atomic E-state index is 3.52. The third-order valence-electron chi connectivity index (χ3n) is 4.21. The predicted octanol–water partition coefficient (Wildman–Crippen LogP) is 7.73. The van der Waals surface area contributed by atoms with Crippen molar-refractivity contribution in [2.75, 3.05) is 4.90 Å². The van der Waals surface area contributed by atoms with Crippen LogP contribution < -0.4 is 4.90 Å². The number of rotatable bonds is 5. The summed E-state index contributed by atoms with van der Waals surface area (Å²) in [4.78, 5) is 2.27. The van der Waals surface area contributed by atoms with E-state index in [1.165, 1.54) is 11.1 Å². The van der Waals surface area contributed by atoms with Crippen LogP contribution in [0, 0.1) is 0 Å². The van der Waals surface area contributed by atoms with Crippen LogP contribution in [0.4, 0.5) is 11.4 Å². The highest BCUT2D eigenvalue weighted by atomic mass is 79.9. The SMILES string of the molecule is CC=CC(=CC)N(c1ccc(Br)cc1)c1ccc(-c2ccccc2)cc1. The fourth-order valence-electron chi connectivity index (χ4n) is 2.94. The summed E-state index contributed by atoms with van der Waals surface area (Å²) in [5.41, 5.74) is 5.86. The smallest absolute Gasteiger partial charge is 0.0462 e. The highest BCUT2D eigenvalue weighted by Gasteiger charge is 2.12. The van der Waals surface area contributed by atoms with Gasteiger partial charge in [0.2, 0.25) is 0 Å². The van der Waals surface area contributed by atoms with Crippen molar-refractivity contribution in [2.45, 2.75) is 13.8 Å². The first-order valence-corrected chi connectivity index (χ1v) is 9.52. The summed E-state index contributed by atoms with van der Waals surface area (Å²) >= 11 is 3.52. The second-order valence-corrected chi connectivity index (χ2v) is 6.85. The first-order valence-electron chi connectivity index (χ1n) is 8.73. The second kappa shape index (κ2) is 8.68. The molecule has 0 spiro atoms. The van der Waals surface area contributed by atoms with Gasteiger partial charge in [-0.05, 0) is 67.4 Å². The fraction of sp³-hybridized carbons (Fsp3) is 0.0833. The zero-order valence-corrected chi connectivity index (χ0v) is 16.6. The lowest BCUT2D eigenvalue weighted by Gasteiger charge is -2.26. The Morgan fingerprint density at radius 1 is 0.731 bits per heavy atom. The lowest BCUT2D eigenvalue weighted by molar-refractivity contribution is 1.20. The third kappa shape index (κ3) is 4.14. The van der Waals surface area contributed by atoms with E-state index in [9.17, 15) is 0 Å². The Hall–Kier alpha value is -2.58. The van der Waals surface area contributed by atoms with Crippen molar-refractivity contribution in [3.63, 3.8) is 0 Å². The third-order valence-corrected chi connectivity index (χ3v) is 4.74. The monoisotopic (exact) mass is 403 g/mol. The Kier molecular flexibility index (Phi) is 6.08. The molecule has 0 N–H and O–H groups in total. The van der Waals surface area contributed by atoms with Crippen molar-refractivity contribution in [3.05, 3.63) is 107 Å². The van der Waals surface area contributed by atoms with Gasteiger partial charge in [0.05, 0.1) is 0 Å². The molecule has 0 amide bonds. The zero-order valence-electron chi connectivity index (χ0n) is 15.1. The Morgan fingerprint density at radius 2 is 1.27 bits per heavy atom. The van der Waals surface area contributed by atoms with Gasteiger partial charge in [-0.25, -0.2) is 0 Å². The molecule has 0 heterocycles. The topological polar surface area (TPSA) is 3.24 Å². The molecule has 3 aromatic carbocycles. The maximum Gasteiger partial charge on any atom is 0.0462 e. The van der Waals surface area contributed by atoms with E-state index < -0.39 is 0 Å². The van der Waals surface area contributed by atoms with Crippen molar-refractivity contribution in [3.8, 4) is 11.1 Å². The molecule has 26 heavy (non-hydrogen) atoms. The summed E-state index contributed by atoms with van der Waals surface area (Å²) in [6.07, 6.45) is 6.33. The predicted molar refractivity (Wildman–Crippen MR) is 117 cm³/mol. The minimum atomic E-state index is 1.08. The molecule has 1 nitrogen and oxygen atoms in total. The number of halogens is 1. The normalized spacial score (nSPS) is 11.7. The first-order chi connectivity index (χ1) is 12.7. The van der Waals surface area contributed by atoms with Crippen molar-refractivity contribution in [1.82, 2.24) is 0 Å². The largest absolute Gasteiger partial charge is 0.311 e. The lowest BCUT2D eigenvalue weighted by atomic mass is 10.0. The number of hydrogen-bond acceptors (Lipinski definition) is 1. The van der Waals surface area contributed by atoms with E-state index >= 15 is 0 Å². The molecule has 0 aliphatic carbocycles. The quantitative estimate of drug-likeness (QED) is 0.393. The first kappa shape index (κ1) is 18.2. The molecule has 130 valence electrons. The van der Waals surface area contributed by atoms with Gasteiger partial charge in [0.25, 0.3) is 0 Å². The van der Waals surface area contributed by atoms with Crippen molar-refractivity contribution in [1.29, 1.82) is 0 Å². The molecule has 0 fully saturated rings. The summed E-state index contributed by atoms with van der Waals surface area (Å²) in [6, 6.07) is 27.6. The van der Waals surface area contributed by atoms with Crippen LogP contribution in [0.1, 0.15) is 13.8 Å². The van der Waals surface area contributed by atoms with E-state index in [0.29, 0.717) is 0 Å². The van der Waals surface area contributed by atoms with Crippen LogP contribution in [0.2, 0.25) is 0 Å². The molecular weight excluding hydrogens is 382 g/mol. The van der Waals surface area contributed by atoms with Gasteiger partial charge in [-0.2, -0.15) is 0 Å². The van der Waals surface area contributed by atoms with Gasteiger partial charge in [-0.1, -0.05) is 70.5 Å². The molecule has 3 aromatic rings. The van der Waals surface area contributed by atoms with E-state index in [0.717, 1.165) is 21.5 Å². The Balaban J connectivity index is 2.03. The van der Waals surface area contributed by atoms with Crippen LogP contribution in [0.25, 0.3) is 11.1 Å². The van der Waals surface area contributed by atoms with E-state index in [-0.39, 0.29) is 0 Å². The van der Waals surface area contributed by atoms with Crippen molar-refractivity contribution >= 4 is 27.3 Å². The number of anilines is 2. The summed E-state index contributed by atoms with van der Waals surface area (Å²) in [7, 11) is 0. The van der Waals surface area contributed by atoms with Gasteiger partial charge < -0.3 is 4.90 Å². The molecule has 0 bridgehead atoms. The zero-order chi connectivity index (χ0) is 18.4. The maximum absolute atomic E-state index is 3.52. The molecular formula is C24H22BrN. The van der Waals surface area contributed by atoms with E-state index in [4.69, 9.17) is 0 Å². The van der Waals surface area contributed by atoms with Crippen LogP contribution in [-0.2, 0) is 0 Å². The Morgan fingerprint density at radius 3 is 1.81 bits per heavy atom. The minimum Gasteiger partial charge on any atom is -0.311 e. The molecule has 0 saturated carbocycles. The minimum absolute atomic E-state index is 1.08. The summed E-state index contributed by atoms with van der Waals surface area (Å²) in [5.74, 6) is 0. The number of hydrogen-bond donors (Lipinski definition) is 0. The van der Waals surface area contributed by atoms with Crippen LogP contribution in [0.3, 0.4) is 0 Å². The number of allylic oxidation sites excluding steroid dienone is 3. The van der Waals surface area contributed by atoms with Gasteiger partial charge in [0.15, 0.2) is 0 Å². The summed E-state index contributed by atoms with van der Waals surface area (Å²) in [6.45, 7) is 4.11. The average molecular weight is 404 g/mol. The molecule has 0 aromatic heterocycles. The molecule has 3 rings (SSSR count). The van der Waals surface area contributed by atoms with Crippen LogP contribution in [-0.4, -0.2) is 0 Å². The molecule has 0 aliphatic rings. The summed E-state index contributed by atoms with van der Waals surface area (Å²) in [5, 5.41) is 0. The molecule has 2 heteroatoms. The van der Waals surface area contributed by atoms with Gasteiger partial charge in [-0.3, -0.25) is 0 Å². The Labute approximate surface area is 164 Å². The van der Waals surface area contributed by atoms with Gasteiger partial charge in [0.1, 0.15) is 0 Å². The summed E-state index contributed by atoms with van der Waals surface area (Å²) < 4.78 is 1.08. The highest BCUT2D eigenvalue weighted by molar-refractivity contribution is 9.10. The van der Waals surface area contributed by atoms with Gasteiger partial charge >= 0.3 is 0 Å². The molecule has 0 atom stereocenters. The van der Waals surface area contributed by atoms with Gasteiger partial charge in [0, 0.05) is 21.5 Å². The standard InChI is InChI=1S/C24H22BrN/c1-3-8-22(4-2)26(24-17-13-21(25)14-18-24)23-15-11-20(12-16-23)19-9-6-5-7-10-19/h3-18H,1-2H3. The molecule has 0 unspecified atom stereocenters. The van der Waals surface area contributed by atoms with E-state index in [1.54, 1.807) is 0 Å². The van der Waals surface area contributed by atoms with Gasteiger partial charge in [-0.15, -0.1) is 0 Å². The number of nitrogens with zero attached hydrogens (tertiary/aromatic N) is 1. The van der Waals surface area contributed by atoms with Crippen molar-refractivity contribution in [2.24, 2.45) is 0 Å². The molecule has 0 saturated heterocycles. The van der Waals surface area contributed by atoms with Crippen LogP contribution in [0.15, 0.2) is 107 Å². The number of benzene rings is 3. The average Bonchev–Trinajstić information content (AvgIpc) is 2.70. The highest BCUT2D eigenvalue weighted by Crippen LogP contribution is 2.33. The molecule has 0 aliphatic heterocycles. The van der Waals surface area contributed by atoms with E-state index in [1.807, 2.05) is 13.0 Å². The second-order valence-electron chi connectivity index (χ2n) is 5.94. The van der Waals surface area contributed by atoms with Crippen LogP contribution in [0.5, 0.6) is 0 Å². The Bertz CT molecular complexity index is 891. The van der Waals surface area contributed by atoms with E-state index in [2.05, 4.69) is 119 Å². The lowest BCUT2D eigenvalue weighted by Crippen LogP contribution is -2.14. The van der Waals surface area contributed by atoms with Crippen LogP contribution >= 0.6 is 15.9 Å². The fourth-order valence-corrected chi connectivity index (χ4v) is 3.21.